The largest absolute Gasteiger partial charge is 0.497 e. The number of aromatic nitrogens is 4. The van der Waals surface area contributed by atoms with Gasteiger partial charge in [0.25, 0.3) is 0 Å². The van der Waals surface area contributed by atoms with Crippen LogP contribution in [0.25, 0.3) is 11.2 Å². The monoisotopic (exact) mass is 436 g/mol. The number of rotatable bonds is 9. The maximum Gasteiger partial charge on any atom is 0.331 e. The summed E-state index contributed by atoms with van der Waals surface area (Å²) >= 11 is 0. The van der Waals surface area contributed by atoms with Gasteiger partial charge in [-0.05, 0) is 41.8 Å². The summed E-state index contributed by atoms with van der Waals surface area (Å²) in [7, 11) is 1.61. The van der Waals surface area contributed by atoms with E-state index in [1.165, 1.54) is 12.1 Å². The summed E-state index contributed by atoms with van der Waals surface area (Å²) in [6, 6.07) is 13.9. The molecule has 4 rings (SSSR count). The fraction of sp³-hybridized carbons (Fsp3) is 0.292. The highest BCUT2D eigenvalue weighted by Crippen LogP contribution is 2.18. The molecule has 2 aromatic heterocycles. The highest BCUT2D eigenvalue weighted by atomic mass is 19.1. The first kappa shape index (κ1) is 21.5. The molecule has 0 amide bonds. The molecular formula is C24H25FN4O3. The van der Waals surface area contributed by atoms with Gasteiger partial charge in [0.15, 0.2) is 5.65 Å². The number of halogens is 1. The van der Waals surface area contributed by atoms with Crippen molar-refractivity contribution in [2.24, 2.45) is 0 Å². The molecule has 0 spiro atoms. The minimum absolute atomic E-state index is 0.222. The van der Waals surface area contributed by atoms with Gasteiger partial charge < -0.3 is 9.47 Å². The number of benzene rings is 2. The van der Waals surface area contributed by atoms with Crippen molar-refractivity contribution in [3.63, 3.8) is 0 Å². The predicted molar refractivity (Wildman–Crippen MR) is 120 cm³/mol. The number of ether oxygens (including phenoxy) is 2. The van der Waals surface area contributed by atoms with Crippen LogP contribution in [0.4, 0.5) is 4.39 Å². The summed E-state index contributed by atoms with van der Waals surface area (Å²) in [5.74, 6) is 0.425. The van der Waals surface area contributed by atoms with Crippen LogP contribution in [0.15, 0.2) is 59.5 Å². The standard InChI is InChI=1S/C24H25FN4O3/c1-3-4-13-32-23-26-14-21-22(27-23)29(16-18-7-11-20(31-2)12-8-18)24(30)28(21)15-17-5-9-19(25)10-6-17/h5-12,14H,3-4,13,15-16H2,1-2H3. The lowest BCUT2D eigenvalue weighted by molar-refractivity contribution is 0.286. The Kier molecular flexibility index (Phi) is 6.49. The average molecular weight is 436 g/mol. The zero-order valence-electron chi connectivity index (χ0n) is 18.1. The molecule has 0 radical (unpaired) electrons. The average Bonchev–Trinajstić information content (AvgIpc) is 3.06. The van der Waals surface area contributed by atoms with Crippen LogP contribution in [0.1, 0.15) is 30.9 Å². The van der Waals surface area contributed by atoms with Crippen molar-refractivity contribution >= 4 is 11.2 Å². The highest BCUT2D eigenvalue weighted by molar-refractivity contribution is 5.71. The summed E-state index contributed by atoms with van der Waals surface area (Å²) in [4.78, 5) is 22.2. The van der Waals surface area contributed by atoms with Crippen LogP contribution < -0.4 is 15.2 Å². The Morgan fingerprint density at radius 2 is 1.62 bits per heavy atom. The number of methoxy groups -OCH3 is 1. The van der Waals surface area contributed by atoms with Crippen molar-refractivity contribution in [1.29, 1.82) is 0 Å². The normalized spacial score (nSPS) is 11.1. The predicted octanol–water partition coefficient (Wildman–Crippen LogP) is 4.02. The quantitative estimate of drug-likeness (QED) is 0.371. The number of hydrogen-bond donors (Lipinski definition) is 0. The third-order valence-electron chi connectivity index (χ3n) is 5.22. The van der Waals surface area contributed by atoms with E-state index in [9.17, 15) is 9.18 Å². The van der Waals surface area contributed by atoms with Gasteiger partial charge in [-0.15, -0.1) is 0 Å². The fourth-order valence-corrected chi connectivity index (χ4v) is 3.44. The molecule has 0 aliphatic rings. The molecule has 8 heteroatoms. The summed E-state index contributed by atoms with van der Waals surface area (Å²) in [5, 5.41) is 0. The second kappa shape index (κ2) is 9.64. The Bertz CT molecular complexity index is 1250. The van der Waals surface area contributed by atoms with Crippen LogP contribution in [0.5, 0.6) is 11.8 Å². The van der Waals surface area contributed by atoms with Crippen molar-refractivity contribution in [2.45, 2.75) is 32.9 Å². The zero-order valence-corrected chi connectivity index (χ0v) is 18.1. The first-order valence-corrected chi connectivity index (χ1v) is 10.5. The first-order valence-electron chi connectivity index (χ1n) is 10.5. The van der Waals surface area contributed by atoms with Crippen molar-refractivity contribution in [3.8, 4) is 11.8 Å². The van der Waals surface area contributed by atoms with E-state index >= 15 is 0 Å². The molecule has 4 aromatic rings. The first-order chi connectivity index (χ1) is 15.6. The zero-order chi connectivity index (χ0) is 22.5. The third-order valence-corrected chi connectivity index (χ3v) is 5.22. The Labute approximate surface area is 185 Å². The van der Waals surface area contributed by atoms with Gasteiger partial charge in [-0.3, -0.25) is 9.13 Å². The minimum Gasteiger partial charge on any atom is -0.497 e. The van der Waals surface area contributed by atoms with Gasteiger partial charge >= 0.3 is 11.7 Å². The lowest BCUT2D eigenvalue weighted by Crippen LogP contribution is -2.25. The molecule has 7 nitrogen and oxygen atoms in total. The van der Waals surface area contributed by atoms with Crippen LogP contribution in [0.2, 0.25) is 0 Å². The Morgan fingerprint density at radius 3 is 2.28 bits per heavy atom. The summed E-state index contributed by atoms with van der Waals surface area (Å²) < 4.78 is 27.4. The fourth-order valence-electron chi connectivity index (χ4n) is 3.44. The molecule has 0 fully saturated rings. The van der Waals surface area contributed by atoms with Crippen LogP contribution in [0, 0.1) is 5.82 Å². The van der Waals surface area contributed by atoms with Gasteiger partial charge in [-0.1, -0.05) is 37.6 Å². The van der Waals surface area contributed by atoms with E-state index in [-0.39, 0.29) is 24.1 Å². The molecular weight excluding hydrogens is 411 g/mol. The minimum atomic E-state index is -0.319. The topological polar surface area (TPSA) is 71.2 Å². The Hall–Kier alpha value is -3.68. The molecule has 0 unspecified atom stereocenters. The highest BCUT2D eigenvalue weighted by Gasteiger charge is 2.17. The number of fused-ring (bicyclic) bond motifs is 1. The summed E-state index contributed by atoms with van der Waals surface area (Å²) in [6.45, 7) is 3.21. The van der Waals surface area contributed by atoms with Crippen LogP contribution in [0.3, 0.4) is 0 Å². The third kappa shape index (κ3) is 4.64. The van der Waals surface area contributed by atoms with E-state index in [1.54, 1.807) is 34.6 Å². The van der Waals surface area contributed by atoms with E-state index in [2.05, 4.69) is 16.9 Å². The van der Waals surface area contributed by atoms with Crippen molar-refractivity contribution in [2.75, 3.05) is 13.7 Å². The van der Waals surface area contributed by atoms with Gasteiger partial charge in [0, 0.05) is 0 Å². The molecule has 166 valence electrons. The molecule has 0 saturated heterocycles. The lowest BCUT2D eigenvalue weighted by Gasteiger charge is -2.06. The van der Waals surface area contributed by atoms with E-state index in [4.69, 9.17) is 9.47 Å². The van der Waals surface area contributed by atoms with E-state index in [1.807, 2.05) is 24.3 Å². The molecule has 32 heavy (non-hydrogen) atoms. The lowest BCUT2D eigenvalue weighted by atomic mass is 10.2. The van der Waals surface area contributed by atoms with E-state index in [0.717, 1.165) is 29.7 Å². The number of nitrogens with zero attached hydrogens (tertiary/aromatic N) is 4. The molecule has 2 aromatic carbocycles. The van der Waals surface area contributed by atoms with Gasteiger partial charge in [-0.25, -0.2) is 14.2 Å². The molecule has 0 aliphatic carbocycles. The maximum atomic E-state index is 13.4. The molecule has 0 bridgehead atoms. The van der Waals surface area contributed by atoms with Crippen molar-refractivity contribution < 1.29 is 13.9 Å². The van der Waals surface area contributed by atoms with Crippen molar-refractivity contribution in [3.05, 3.63) is 82.2 Å². The summed E-state index contributed by atoms with van der Waals surface area (Å²) in [5.41, 5.74) is 2.60. The van der Waals surface area contributed by atoms with Crippen LogP contribution >= 0.6 is 0 Å². The number of imidazole rings is 1. The number of hydrogen-bond acceptors (Lipinski definition) is 5. The Morgan fingerprint density at radius 1 is 0.969 bits per heavy atom. The molecule has 0 saturated carbocycles. The molecule has 2 heterocycles. The summed E-state index contributed by atoms with van der Waals surface area (Å²) in [6.07, 6.45) is 3.50. The SMILES string of the molecule is CCCCOc1ncc2c(n1)n(Cc1ccc(OC)cc1)c(=O)n2Cc1ccc(F)cc1. The van der Waals surface area contributed by atoms with Gasteiger partial charge in [-0.2, -0.15) is 4.98 Å². The number of unbranched alkanes of at least 4 members (excludes halogenated alkanes) is 1. The second-order valence-electron chi connectivity index (χ2n) is 7.49. The van der Waals surface area contributed by atoms with Gasteiger partial charge in [0.1, 0.15) is 17.1 Å². The van der Waals surface area contributed by atoms with E-state index in [0.29, 0.717) is 24.3 Å². The van der Waals surface area contributed by atoms with Crippen LogP contribution in [-0.2, 0) is 13.1 Å². The van der Waals surface area contributed by atoms with Gasteiger partial charge in [0.05, 0.1) is 33.0 Å². The molecule has 0 N–H and O–H groups in total. The Balaban J connectivity index is 1.75. The maximum absolute atomic E-state index is 13.4. The van der Waals surface area contributed by atoms with Crippen LogP contribution in [-0.4, -0.2) is 32.8 Å². The second-order valence-corrected chi connectivity index (χ2v) is 7.49. The van der Waals surface area contributed by atoms with Crippen molar-refractivity contribution in [1.82, 2.24) is 19.1 Å². The van der Waals surface area contributed by atoms with E-state index < -0.39 is 0 Å². The molecule has 0 aliphatic heterocycles. The molecule has 0 atom stereocenters. The van der Waals surface area contributed by atoms with Gasteiger partial charge in [0.2, 0.25) is 0 Å². The smallest absolute Gasteiger partial charge is 0.331 e.